The van der Waals surface area contributed by atoms with Gasteiger partial charge in [0, 0.05) is 11.8 Å². The molecule has 0 aliphatic carbocycles. The highest BCUT2D eigenvalue weighted by molar-refractivity contribution is 5.82. The van der Waals surface area contributed by atoms with E-state index < -0.39 is 11.6 Å². The van der Waals surface area contributed by atoms with Gasteiger partial charge in [0.15, 0.2) is 5.82 Å². The van der Waals surface area contributed by atoms with Crippen LogP contribution in [0.25, 0.3) is 16.6 Å². The van der Waals surface area contributed by atoms with Gasteiger partial charge < -0.3 is 4.98 Å². The number of aromatic nitrogens is 3. The van der Waals surface area contributed by atoms with E-state index in [0.29, 0.717) is 22.3 Å². The second kappa shape index (κ2) is 4.26. The number of H-pyrrole nitrogens is 1. The van der Waals surface area contributed by atoms with Crippen LogP contribution in [0.5, 0.6) is 0 Å². The van der Waals surface area contributed by atoms with Crippen molar-refractivity contribution >= 4 is 10.9 Å². The lowest BCUT2D eigenvalue weighted by Crippen LogP contribution is -2.08. The molecule has 0 saturated carbocycles. The minimum absolute atomic E-state index is 0.106. The molecule has 0 radical (unpaired) electrons. The van der Waals surface area contributed by atoms with Gasteiger partial charge in [-0.05, 0) is 32.0 Å². The van der Waals surface area contributed by atoms with Crippen LogP contribution in [-0.4, -0.2) is 14.8 Å². The average Bonchev–Trinajstić information content (AvgIpc) is 2.66. The first-order valence-corrected chi connectivity index (χ1v) is 6.02. The summed E-state index contributed by atoms with van der Waals surface area (Å²) in [7, 11) is 0. The van der Waals surface area contributed by atoms with Crippen molar-refractivity contribution in [3.05, 3.63) is 57.6 Å². The molecule has 0 fully saturated rings. The smallest absolute Gasteiger partial charge is 0.259 e. The fourth-order valence-corrected chi connectivity index (χ4v) is 2.28. The summed E-state index contributed by atoms with van der Waals surface area (Å²) < 4.78 is 28.2. The van der Waals surface area contributed by atoms with E-state index in [2.05, 4.69) is 10.1 Å². The molecule has 0 aliphatic heterocycles. The summed E-state index contributed by atoms with van der Waals surface area (Å²) >= 11 is 0. The van der Waals surface area contributed by atoms with Crippen LogP contribution >= 0.6 is 0 Å². The molecule has 3 aromatic rings. The van der Waals surface area contributed by atoms with Crippen molar-refractivity contribution in [3.8, 4) is 5.69 Å². The molecule has 0 atom stereocenters. The van der Waals surface area contributed by atoms with E-state index in [4.69, 9.17) is 0 Å². The van der Waals surface area contributed by atoms with Crippen molar-refractivity contribution < 1.29 is 8.78 Å². The molecular formula is C14H11F2N3O. The Labute approximate surface area is 112 Å². The molecule has 0 aliphatic rings. The standard InChI is InChI=1S/C14H11F2N3O/c1-7-5-12-13(14(20)17-7)8(2)18-19(12)11-4-3-9(15)6-10(11)16/h3-6H,1-2H3,(H,17,20). The molecule has 1 N–H and O–H groups in total. The summed E-state index contributed by atoms with van der Waals surface area (Å²) in [5, 5.41) is 4.59. The Hall–Kier alpha value is -2.50. The average molecular weight is 275 g/mol. The van der Waals surface area contributed by atoms with Gasteiger partial charge in [0.1, 0.15) is 11.5 Å². The summed E-state index contributed by atoms with van der Waals surface area (Å²) in [5.74, 6) is -1.39. The molecule has 0 spiro atoms. The fourth-order valence-electron chi connectivity index (χ4n) is 2.28. The number of hydrogen-bond donors (Lipinski definition) is 1. The molecule has 4 nitrogen and oxygen atoms in total. The van der Waals surface area contributed by atoms with E-state index in [1.54, 1.807) is 19.9 Å². The molecule has 0 saturated heterocycles. The first-order valence-electron chi connectivity index (χ1n) is 6.02. The van der Waals surface area contributed by atoms with E-state index in [9.17, 15) is 13.6 Å². The number of nitrogens with one attached hydrogen (secondary N) is 1. The SMILES string of the molecule is Cc1cc2c(c(C)nn2-c2ccc(F)cc2F)c(=O)[nH]1. The number of hydrogen-bond acceptors (Lipinski definition) is 2. The van der Waals surface area contributed by atoms with E-state index in [-0.39, 0.29) is 11.2 Å². The van der Waals surface area contributed by atoms with Crippen molar-refractivity contribution in [3.63, 3.8) is 0 Å². The minimum Gasteiger partial charge on any atom is -0.326 e. The van der Waals surface area contributed by atoms with Crippen LogP contribution in [0.2, 0.25) is 0 Å². The topological polar surface area (TPSA) is 50.7 Å². The lowest BCUT2D eigenvalue weighted by atomic mass is 10.2. The van der Waals surface area contributed by atoms with Gasteiger partial charge in [0.05, 0.1) is 16.6 Å². The largest absolute Gasteiger partial charge is 0.326 e. The third kappa shape index (κ3) is 1.80. The number of aryl methyl sites for hydroxylation is 2. The summed E-state index contributed by atoms with van der Waals surface area (Å²) in [4.78, 5) is 14.6. The third-order valence-electron chi connectivity index (χ3n) is 3.13. The summed E-state index contributed by atoms with van der Waals surface area (Å²) in [6.07, 6.45) is 0. The lowest BCUT2D eigenvalue weighted by molar-refractivity contribution is 0.575. The van der Waals surface area contributed by atoms with Crippen LogP contribution in [0.1, 0.15) is 11.4 Å². The molecule has 6 heteroatoms. The number of pyridine rings is 1. The van der Waals surface area contributed by atoms with Gasteiger partial charge in [-0.15, -0.1) is 0 Å². The molecule has 102 valence electrons. The van der Waals surface area contributed by atoms with Crippen LogP contribution in [-0.2, 0) is 0 Å². The fraction of sp³-hybridized carbons (Fsp3) is 0.143. The Morgan fingerprint density at radius 1 is 1.20 bits per heavy atom. The van der Waals surface area contributed by atoms with Crippen LogP contribution in [0, 0.1) is 25.5 Å². The predicted molar refractivity (Wildman–Crippen MR) is 71.1 cm³/mol. The number of rotatable bonds is 1. The van der Waals surface area contributed by atoms with Gasteiger partial charge in [-0.2, -0.15) is 5.10 Å². The Kier molecular flexibility index (Phi) is 2.67. The first-order chi connectivity index (χ1) is 9.47. The Morgan fingerprint density at radius 3 is 2.65 bits per heavy atom. The van der Waals surface area contributed by atoms with Crippen molar-refractivity contribution in [2.45, 2.75) is 13.8 Å². The Bertz CT molecular complexity index is 880. The van der Waals surface area contributed by atoms with Gasteiger partial charge in [-0.25, -0.2) is 13.5 Å². The Balaban J connectivity index is 2.40. The number of aromatic amines is 1. The van der Waals surface area contributed by atoms with Gasteiger partial charge >= 0.3 is 0 Å². The number of benzene rings is 1. The highest BCUT2D eigenvalue weighted by Gasteiger charge is 2.15. The maximum Gasteiger partial charge on any atom is 0.259 e. The van der Waals surface area contributed by atoms with E-state index in [1.165, 1.54) is 10.7 Å². The second-order valence-corrected chi connectivity index (χ2v) is 4.63. The molecule has 2 aromatic heterocycles. The van der Waals surface area contributed by atoms with Crippen LogP contribution in [0.3, 0.4) is 0 Å². The van der Waals surface area contributed by atoms with Crippen LogP contribution in [0.4, 0.5) is 8.78 Å². The molecule has 1 aromatic carbocycles. The normalized spacial score (nSPS) is 11.2. The molecule has 0 amide bonds. The zero-order valence-electron chi connectivity index (χ0n) is 10.9. The van der Waals surface area contributed by atoms with Crippen molar-refractivity contribution in [1.82, 2.24) is 14.8 Å². The quantitative estimate of drug-likeness (QED) is 0.742. The number of nitrogens with zero attached hydrogens (tertiary/aromatic N) is 2. The maximum absolute atomic E-state index is 13.9. The molecule has 0 bridgehead atoms. The van der Waals surface area contributed by atoms with E-state index >= 15 is 0 Å². The van der Waals surface area contributed by atoms with Crippen molar-refractivity contribution in [2.75, 3.05) is 0 Å². The zero-order valence-corrected chi connectivity index (χ0v) is 10.9. The van der Waals surface area contributed by atoms with Crippen LogP contribution in [0.15, 0.2) is 29.1 Å². The minimum atomic E-state index is -0.729. The van der Waals surface area contributed by atoms with E-state index in [0.717, 1.165) is 12.1 Å². The second-order valence-electron chi connectivity index (χ2n) is 4.63. The molecule has 3 rings (SSSR count). The van der Waals surface area contributed by atoms with Gasteiger partial charge in [-0.3, -0.25) is 4.79 Å². The van der Waals surface area contributed by atoms with Crippen LogP contribution < -0.4 is 5.56 Å². The van der Waals surface area contributed by atoms with Gasteiger partial charge in [0.25, 0.3) is 5.56 Å². The monoisotopic (exact) mass is 275 g/mol. The van der Waals surface area contributed by atoms with Crippen molar-refractivity contribution in [2.24, 2.45) is 0 Å². The highest BCUT2D eigenvalue weighted by atomic mass is 19.1. The number of fused-ring (bicyclic) bond motifs is 1. The van der Waals surface area contributed by atoms with Crippen molar-refractivity contribution in [1.29, 1.82) is 0 Å². The highest BCUT2D eigenvalue weighted by Crippen LogP contribution is 2.21. The third-order valence-corrected chi connectivity index (χ3v) is 3.13. The molecule has 2 heterocycles. The summed E-state index contributed by atoms with van der Waals surface area (Å²) in [5.41, 5.74) is 1.46. The first kappa shape index (κ1) is 12.5. The zero-order chi connectivity index (χ0) is 14.4. The molecule has 0 unspecified atom stereocenters. The predicted octanol–water partition coefficient (Wildman–Crippen LogP) is 2.61. The summed E-state index contributed by atoms with van der Waals surface area (Å²) in [6, 6.07) is 4.95. The summed E-state index contributed by atoms with van der Waals surface area (Å²) in [6.45, 7) is 3.40. The van der Waals surface area contributed by atoms with Gasteiger partial charge in [-0.1, -0.05) is 0 Å². The lowest BCUT2D eigenvalue weighted by Gasteiger charge is -2.05. The number of halogens is 2. The maximum atomic E-state index is 13.9. The molecular weight excluding hydrogens is 264 g/mol. The molecule has 20 heavy (non-hydrogen) atoms. The van der Waals surface area contributed by atoms with Gasteiger partial charge in [0.2, 0.25) is 0 Å². The Morgan fingerprint density at radius 2 is 1.95 bits per heavy atom. The van der Waals surface area contributed by atoms with E-state index in [1.807, 2.05) is 0 Å².